The molecule has 0 fully saturated rings. The maximum absolute atomic E-state index is 5.63. The van der Waals surface area contributed by atoms with E-state index in [1.807, 2.05) is 0 Å². The highest BCUT2D eigenvalue weighted by Crippen LogP contribution is 2.10. The maximum atomic E-state index is 5.63. The topological polar surface area (TPSA) is 78.1 Å². The van der Waals surface area contributed by atoms with Crippen LogP contribution in [0.2, 0.25) is 6.04 Å². The van der Waals surface area contributed by atoms with Crippen molar-refractivity contribution in [1.29, 1.82) is 0 Å². The van der Waals surface area contributed by atoms with Crippen molar-refractivity contribution in [1.82, 2.24) is 0 Å². The zero-order chi connectivity index (χ0) is 11.6. The summed E-state index contributed by atoms with van der Waals surface area (Å²) < 4.78 is 0. The van der Waals surface area contributed by atoms with Crippen LogP contribution in [-0.4, -0.2) is 8.56 Å². The quantitative estimate of drug-likeness (QED) is 0.399. The maximum Gasteiger partial charge on any atom is 0.273 e. The summed E-state index contributed by atoms with van der Waals surface area (Å²) in [5.74, 6) is 0. The van der Waals surface area contributed by atoms with Crippen molar-refractivity contribution in [3.8, 4) is 0 Å². The highest BCUT2D eigenvalue weighted by molar-refractivity contribution is 6.70. The Morgan fingerprint density at radius 3 is 1.47 bits per heavy atom. The molecule has 0 spiro atoms. The van der Waals surface area contributed by atoms with Gasteiger partial charge in [-0.25, -0.2) is 0 Å². The molecule has 6 N–H and O–H groups in total. The summed E-state index contributed by atoms with van der Waals surface area (Å²) >= 11 is 0. The third kappa shape index (κ3) is 14.1. The lowest BCUT2D eigenvalue weighted by Gasteiger charge is -2.13. The van der Waals surface area contributed by atoms with E-state index in [0.29, 0.717) is 0 Å². The van der Waals surface area contributed by atoms with E-state index in [1.165, 1.54) is 51.4 Å². The number of nitrogens with two attached hydrogens (primary N) is 3. The van der Waals surface area contributed by atoms with E-state index in [9.17, 15) is 0 Å². The van der Waals surface area contributed by atoms with Gasteiger partial charge in [0.05, 0.1) is 0 Å². The van der Waals surface area contributed by atoms with Crippen LogP contribution in [0.4, 0.5) is 0 Å². The minimum absolute atomic E-state index is 0.864. The lowest BCUT2D eigenvalue weighted by molar-refractivity contribution is 0.571. The Balaban J connectivity index is 2.99. The van der Waals surface area contributed by atoms with Crippen LogP contribution in [-0.2, 0) is 0 Å². The van der Waals surface area contributed by atoms with Crippen LogP contribution in [0.15, 0.2) is 0 Å². The molecule has 0 saturated carbocycles. The molecule has 0 aliphatic carbocycles. The Hall–Kier alpha value is 0.0969. The predicted molar refractivity (Wildman–Crippen MR) is 70.4 cm³/mol. The van der Waals surface area contributed by atoms with Crippen LogP contribution in [0, 0.1) is 0 Å². The van der Waals surface area contributed by atoms with Crippen molar-refractivity contribution < 1.29 is 0 Å². The highest BCUT2D eigenvalue weighted by Gasteiger charge is 2.15. The fourth-order valence-electron chi connectivity index (χ4n) is 1.74. The molecular formula is C11H29N3Si. The van der Waals surface area contributed by atoms with Crippen molar-refractivity contribution in [2.75, 3.05) is 0 Å². The van der Waals surface area contributed by atoms with Crippen LogP contribution >= 0.6 is 0 Å². The molecule has 0 aromatic heterocycles. The van der Waals surface area contributed by atoms with Crippen LogP contribution < -0.4 is 16.2 Å². The lowest BCUT2D eigenvalue weighted by atomic mass is 10.1. The largest absolute Gasteiger partial charge is 0.327 e. The molecule has 0 radical (unpaired) electrons. The summed E-state index contributed by atoms with van der Waals surface area (Å²) in [6, 6.07) is 0.864. The molecule has 0 rings (SSSR count). The van der Waals surface area contributed by atoms with Crippen molar-refractivity contribution >= 4 is 8.56 Å². The first-order chi connectivity index (χ1) is 7.06. The van der Waals surface area contributed by atoms with E-state index >= 15 is 0 Å². The average Bonchev–Trinajstić information content (AvgIpc) is 2.14. The van der Waals surface area contributed by atoms with Gasteiger partial charge in [0.1, 0.15) is 0 Å². The number of unbranched alkanes of at least 4 members (excludes halogenated alkanes) is 8. The zero-order valence-electron chi connectivity index (χ0n) is 10.3. The summed E-state index contributed by atoms with van der Waals surface area (Å²) in [5, 5.41) is 16.9. The normalized spacial score (nSPS) is 12.0. The molecule has 0 amide bonds. The van der Waals surface area contributed by atoms with Gasteiger partial charge in [-0.3, -0.25) is 0 Å². The minimum atomic E-state index is -2.24. The first-order valence-electron chi connectivity index (χ1n) is 6.43. The summed E-state index contributed by atoms with van der Waals surface area (Å²) in [4.78, 5) is 0. The van der Waals surface area contributed by atoms with Gasteiger partial charge in [0, 0.05) is 0 Å². The van der Waals surface area contributed by atoms with E-state index in [1.54, 1.807) is 0 Å². The second-order valence-corrected chi connectivity index (χ2v) is 7.42. The third-order valence-electron chi connectivity index (χ3n) is 2.71. The molecule has 0 unspecified atom stereocenters. The molecule has 92 valence electrons. The van der Waals surface area contributed by atoms with E-state index in [2.05, 4.69) is 6.92 Å². The van der Waals surface area contributed by atoms with Gasteiger partial charge in [0.15, 0.2) is 0 Å². The Morgan fingerprint density at radius 2 is 1.07 bits per heavy atom. The Labute approximate surface area is 96.0 Å². The van der Waals surface area contributed by atoms with Crippen LogP contribution in [0.1, 0.15) is 64.7 Å². The smallest absolute Gasteiger partial charge is 0.273 e. The van der Waals surface area contributed by atoms with Crippen LogP contribution in [0.5, 0.6) is 0 Å². The molecule has 0 aromatic carbocycles. The third-order valence-corrected chi connectivity index (χ3v) is 3.93. The number of hydrogen-bond donors (Lipinski definition) is 3. The molecule has 0 saturated heterocycles. The van der Waals surface area contributed by atoms with E-state index in [0.717, 1.165) is 12.5 Å². The van der Waals surface area contributed by atoms with Gasteiger partial charge in [0.2, 0.25) is 0 Å². The standard InChI is InChI=1S/C11H29N3Si/c1-2-3-4-5-6-7-8-9-10-11-15(12,13)14/h2-14H2,1H3. The van der Waals surface area contributed by atoms with E-state index in [-0.39, 0.29) is 0 Å². The molecule has 4 heteroatoms. The van der Waals surface area contributed by atoms with Crippen molar-refractivity contribution in [3.63, 3.8) is 0 Å². The van der Waals surface area contributed by atoms with Gasteiger partial charge in [-0.1, -0.05) is 64.7 Å². The van der Waals surface area contributed by atoms with Crippen LogP contribution in [0.25, 0.3) is 0 Å². The number of hydrogen-bond acceptors (Lipinski definition) is 3. The summed E-state index contributed by atoms with van der Waals surface area (Å²) in [7, 11) is -2.24. The zero-order valence-corrected chi connectivity index (χ0v) is 11.3. The van der Waals surface area contributed by atoms with Gasteiger partial charge in [-0.15, -0.1) is 0 Å². The summed E-state index contributed by atoms with van der Waals surface area (Å²) in [6.45, 7) is 2.25. The second-order valence-electron chi connectivity index (χ2n) is 4.69. The lowest BCUT2D eigenvalue weighted by Crippen LogP contribution is -2.64. The first kappa shape index (κ1) is 15.1. The first-order valence-corrected chi connectivity index (χ1v) is 8.87. The second kappa shape index (κ2) is 9.33. The fraction of sp³-hybridized carbons (Fsp3) is 1.00. The number of rotatable bonds is 10. The Kier molecular flexibility index (Phi) is 9.39. The Bertz CT molecular complexity index is 134. The van der Waals surface area contributed by atoms with Crippen molar-refractivity contribution in [3.05, 3.63) is 0 Å². The summed E-state index contributed by atoms with van der Waals surface area (Å²) in [6.07, 6.45) is 11.9. The molecule has 0 atom stereocenters. The van der Waals surface area contributed by atoms with Crippen molar-refractivity contribution in [2.45, 2.75) is 70.8 Å². The van der Waals surface area contributed by atoms with Gasteiger partial charge in [-0.2, -0.15) is 0 Å². The summed E-state index contributed by atoms with van der Waals surface area (Å²) in [5.41, 5.74) is 0. The average molecular weight is 231 g/mol. The van der Waals surface area contributed by atoms with Gasteiger partial charge in [-0.05, 0) is 6.04 Å². The molecule has 0 heterocycles. The molecule has 0 aromatic rings. The van der Waals surface area contributed by atoms with Gasteiger partial charge in [0.25, 0.3) is 8.56 Å². The molecular weight excluding hydrogens is 202 g/mol. The molecule has 0 aliphatic heterocycles. The predicted octanol–water partition coefficient (Wildman–Crippen LogP) is 2.33. The van der Waals surface area contributed by atoms with E-state index < -0.39 is 8.56 Å². The highest BCUT2D eigenvalue weighted by atomic mass is 28.4. The van der Waals surface area contributed by atoms with Gasteiger partial charge >= 0.3 is 0 Å². The molecule has 0 aliphatic rings. The van der Waals surface area contributed by atoms with Gasteiger partial charge < -0.3 is 16.2 Å². The monoisotopic (exact) mass is 231 g/mol. The van der Waals surface area contributed by atoms with Crippen molar-refractivity contribution in [2.24, 2.45) is 16.2 Å². The van der Waals surface area contributed by atoms with E-state index in [4.69, 9.17) is 16.2 Å². The fourth-order valence-corrected chi connectivity index (χ4v) is 2.60. The SMILES string of the molecule is CCCCCCCCCCC[Si](N)(N)N. The molecule has 0 bridgehead atoms. The Morgan fingerprint density at radius 1 is 0.667 bits per heavy atom. The molecule has 15 heavy (non-hydrogen) atoms. The molecule has 3 nitrogen and oxygen atoms in total. The van der Waals surface area contributed by atoms with Crippen LogP contribution in [0.3, 0.4) is 0 Å². The minimum Gasteiger partial charge on any atom is -0.327 e.